The Balaban J connectivity index is 1.52. The molecule has 0 bridgehead atoms. The van der Waals surface area contributed by atoms with Crippen LogP contribution < -0.4 is 4.74 Å². The number of amides is 1. The summed E-state index contributed by atoms with van der Waals surface area (Å²) in [6.45, 7) is 5.96. The Labute approximate surface area is 154 Å². The molecule has 0 radical (unpaired) electrons. The van der Waals surface area contributed by atoms with Gasteiger partial charge in [0.2, 0.25) is 5.91 Å². The van der Waals surface area contributed by atoms with Crippen molar-refractivity contribution in [2.24, 2.45) is 5.41 Å². The van der Waals surface area contributed by atoms with Gasteiger partial charge in [-0.2, -0.15) is 0 Å². The molecule has 138 valence electrons. The summed E-state index contributed by atoms with van der Waals surface area (Å²) in [4.78, 5) is 15.6. The molecule has 2 aromatic rings. The number of nitrogens with zero attached hydrogens (tertiary/aromatic N) is 4. The zero-order valence-corrected chi connectivity index (χ0v) is 15.7. The predicted molar refractivity (Wildman–Crippen MR) is 97.9 cm³/mol. The van der Waals surface area contributed by atoms with Crippen molar-refractivity contribution in [3.8, 4) is 5.75 Å². The molecule has 1 saturated carbocycles. The smallest absolute Gasteiger partial charge is 0.233 e. The van der Waals surface area contributed by atoms with E-state index in [0.29, 0.717) is 6.04 Å². The van der Waals surface area contributed by atoms with E-state index in [9.17, 15) is 4.79 Å². The number of aromatic nitrogens is 3. The maximum atomic E-state index is 13.5. The van der Waals surface area contributed by atoms with E-state index in [2.05, 4.69) is 45.6 Å². The number of piperidine rings is 1. The van der Waals surface area contributed by atoms with Crippen molar-refractivity contribution in [2.45, 2.75) is 44.6 Å². The molecule has 6 heteroatoms. The molecule has 6 nitrogen and oxygen atoms in total. The average Bonchev–Trinajstić information content (AvgIpc) is 3.03. The molecule has 26 heavy (non-hydrogen) atoms. The first-order chi connectivity index (χ1) is 12.5. The third-order valence-corrected chi connectivity index (χ3v) is 6.30. The van der Waals surface area contributed by atoms with Crippen LogP contribution in [0.3, 0.4) is 0 Å². The summed E-state index contributed by atoms with van der Waals surface area (Å²) in [5.74, 6) is 1.10. The molecule has 2 aliphatic rings. The van der Waals surface area contributed by atoms with Gasteiger partial charge in [0, 0.05) is 19.1 Å². The Morgan fingerprint density at radius 1 is 1.12 bits per heavy atom. The number of methoxy groups -OCH3 is 1. The minimum atomic E-state index is -0.400. The van der Waals surface area contributed by atoms with Crippen LogP contribution in [0.25, 0.3) is 0 Å². The lowest BCUT2D eigenvalue weighted by atomic mass is 9.85. The number of likely N-dealkylation sites (tertiary alicyclic amines) is 1. The molecule has 1 aromatic heterocycles. The molecule has 1 aromatic carbocycles. The maximum Gasteiger partial charge on any atom is 0.233 e. The molecule has 1 saturated heterocycles. The van der Waals surface area contributed by atoms with Gasteiger partial charge in [0.15, 0.2) is 0 Å². The van der Waals surface area contributed by atoms with Crippen molar-refractivity contribution in [1.29, 1.82) is 0 Å². The second-order valence-corrected chi connectivity index (χ2v) is 8.13. The standard InChI is InChI=1S/C20H26N4O2/c1-19(2)12-20(19,15-4-6-17(26-3)7-5-15)18(25)23-10-8-16(9-11-23)24-13-21-22-14-24/h4-7,13-14,16H,8-12H2,1-3H3/t20-/m1/s1. The van der Waals surface area contributed by atoms with Gasteiger partial charge in [-0.15, -0.1) is 10.2 Å². The van der Waals surface area contributed by atoms with Crippen LogP contribution in [0.2, 0.25) is 0 Å². The largest absolute Gasteiger partial charge is 0.497 e. The topological polar surface area (TPSA) is 60.2 Å². The molecule has 2 heterocycles. The summed E-state index contributed by atoms with van der Waals surface area (Å²) in [7, 11) is 1.66. The summed E-state index contributed by atoms with van der Waals surface area (Å²) >= 11 is 0. The third kappa shape index (κ3) is 2.59. The van der Waals surface area contributed by atoms with Gasteiger partial charge in [-0.05, 0) is 42.4 Å². The molecule has 1 aliphatic carbocycles. The molecule has 1 atom stereocenters. The highest BCUT2D eigenvalue weighted by atomic mass is 16.5. The van der Waals surface area contributed by atoms with Crippen LogP contribution in [0, 0.1) is 5.41 Å². The molecule has 0 spiro atoms. The lowest BCUT2D eigenvalue weighted by Gasteiger charge is -2.36. The van der Waals surface area contributed by atoms with Gasteiger partial charge >= 0.3 is 0 Å². The lowest BCUT2D eigenvalue weighted by Crippen LogP contribution is -2.45. The van der Waals surface area contributed by atoms with Gasteiger partial charge in [-0.3, -0.25) is 4.79 Å². The van der Waals surface area contributed by atoms with Crippen LogP contribution >= 0.6 is 0 Å². The fraction of sp³-hybridized carbons (Fsp3) is 0.550. The van der Waals surface area contributed by atoms with Gasteiger partial charge in [-0.25, -0.2) is 0 Å². The van der Waals surface area contributed by atoms with Crippen molar-refractivity contribution >= 4 is 5.91 Å². The number of carbonyl (C=O) groups excluding carboxylic acids is 1. The van der Waals surface area contributed by atoms with E-state index in [1.807, 2.05) is 12.1 Å². The van der Waals surface area contributed by atoms with Crippen LogP contribution in [0.15, 0.2) is 36.9 Å². The fourth-order valence-electron chi connectivity index (χ4n) is 4.51. The summed E-state index contributed by atoms with van der Waals surface area (Å²) in [6.07, 6.45) is 6.33. The van der Waals surface area contributed by atoms with Gasteiger partial charge in [0.05, 0.1) is 12.5 Å². The van der Waals surface area contributed by atoms with E-state index < -0.39 is 5.41 Å². The second kappa shape index (κ2) is 6.11. The Hall–Kier alpha value is -2.37. The van der Waals surface area contributed by atoms with Crippen molar-refractivity contribution in [2.75, 3.05) is 20.2 Å². The lowest BCUT2D eigenvalue weighted by molar-refractivity contribution is -0.136. The fourth-order valence-corrected chi connectivity index (χ4v) is 4.51. The van der Waals surface area contributed by atoms with Crippen LogP contribution in [0.4, 0.5) is 0 Å². The normalized spacial score (nSPS) is 25.1. The average molecular weight is 354 g/mol. The van der Waals surface area contributed by atoms with Crippen molar-refractivity contribution in [1.82, 2.24) is 19.7 Å². The number of ether oxygens (including phenoxy) is 1. The van der Waals surface area contributed by atoms with E-state index in [-0.39, 0.29) is 11.3 Å². The van der Waals surface area contributed by atoms with E-state index in [0.717, 1.165) is 43.7 Å². The molecular weight excluding hydrogens is 328 g/mol. The van der Waals surface area contributed by atoms with Crippen molar-refractivity contribution < 1.29 is 9.53 Å². The highest BCUT2D eigenvalue weighted by Gasteiger charge is 2.68. The van der Waals surface area contributed by atoms with Gasteiger partial charge in [0.1, 0.15) is 18.4 Å². The van der Waals surface area contributed by atoms with Crippen LogP contribution in [0.5, 0.6) is 5.75 Å². The van der Waals surface area contributed by atoms with Crippen LogP contribution in [-0.4, -0.2) is 45.8 Å². The van der Waals surface area contributed by atoms with Gasteiger partial charge in [0.25, 0.3) is 0 Å². The summed E-state index contributed by atoms with van der Waals surface area (Å²) in [6, 6.07) is 8.40. The number of rotatable bonds is 4. The minimum absolute atomic E-state index is 0.0101. The Bertz CT molecular complexity index is 777. The molecule has 1 amide bonds. The molecule has 0 unspecified atom stereocenters. The van der Waals surface area contributed by atoms with Gasteiger partial charge in [-0.1, -0.05) is 26.0 Å². The van der Waals surface area contributed by atoms with Crippen LogP contribution in [-0.2, 0) is 10.2 Å². The number of carbonyl (C=O) groups is 1. The zero-order valence-electron chi connectivity index (χ0n) is 15.7. The first-order valence-corrected chi connectivity index (χ1v) is 9.26. The maximum absolute atomic E-state index is 13.5. The molecule has 2 fully saturated rings. The molecular formula is C20H26N4O2. The predicted octanol–water partition coefficient (Wildman–Crippen LogP) is 2.82. The third-order valence-electron chi connectivity index (χ3n) is 6.30. The van der Waals surface area contributed by atoms with Crippen LogP contribution in [0.1, 0.15) is 44.7 Å². The number of benzene rings is 1. The van der Waals surface area contributed by atoms with E-state index in [4.69, 9.17) is 4.74 Å². The Kier molecular flexibility index (Phi) is 4.01. The molecule has 4 rings (SSSR count). The summed E-state index contributed by atoms with van der Waals surface area (Å²) in [5.41, 5.74) is 0.696. The van der Waals surface area contributed by atoms with E-state index in [1.165, 1.54) is 0 Å². The van der Waals surface area contributed by atoms with Crippen molar-refractivity contribution in [3.63, 3.8) is 0 Å². The highest BCUT2D eigenvalue weighted by Crippen LogP contribution is 2.65. The zero-order chi connectivity index (χ0) is 18.4. The van der Waals surface area contributed by atoms with Crippen molar-refractivity contribution in [3.05, 3.63) is 42.5 Å². The Morgan fingerprint density at radius 3 is 2.19 bits per heavy atom. The Morgan fingerprint density at radius 2 is 1.69 bits per heavy atom. The highest BCUT2D eigenvalue weighted by molar-refractivity contribution is 5.93. The number of hydrogen-bond donors (Lipinski definition) is 0. The summed E-state index contributed by atoms with van der Waals surface area (Å²) < 4.78 is 7.33. The second-order valence-electron chi connectivity index (χ2n) is 8.13. The molecule has 1 aliphatic heterocycles. The minimum Gasteiger partial charge on any atom is -0.497 e. The first-order valence-electron chi connectivity index (χ1n) is 9.26. The SMILES string of the molecule is COc1ccc([C@@]2(C(=O)N3CCC(n4cnnc4)CC3)CC2(C)C)cc1. The first kappa shape index (κ1) is 17.1. The van der Waals surface area contributed by atoms with E-state index in [1.54, 1.807) is 19.8 Å². The molecule has 0 N–H and O–H groups in total. The monoisotopic (exact) mass is 354 g/mol. The van der Waals surface area contributed by atoms with Gasteiger partial charge < -0.3 is 14.2 Å². The summed E-state index contributed by atoms with van der Waals surface area (Å²) in [5, 5.41) is 7.79. The number of hydrogen-bond acceptors (Lipinski definition) is 4. The van der Waals surface area contributed by atoms with E-state index >= 15 is 0 Å². The quantitative estimate of drug-likeness (QED) is 0.847.